The molecular weight excluding hydrogens is 204 g/mol. The van der Waals surface area contributed by atoms with E-state index < -0.39 is 0 Å². The number of nitrogens with zero attached hydrogens (tertiary/aromatic N) is 3. The van der Waals surface area contributed by atoms with Crippen LogP contribution in [0.1, 0.15) is 13.8 Å². The molecule has 5 nitrogen and oxygen atoms in total. The van der Waals surface area contributed by atoms with Crippen LogP contribution < -0.4 is 15.0 Å². The van der Waals surface area contributed by atoms with E-state index in [1.165, 1.54) is 0 Å². The summed E-state index contributed by atoms with van der Waals surface area (Å²) in [4.78, 5) is 10.5. The largest absolute Gasteiger partial charge is 0.478 e. The normalized spacial score (nSPS) is 10.2. The Labute approximate surface area is 96.8 Å². The minimum atomic E-state index is 0.623. The van der Waals surface area contributed by atoms with Gasteiger partial charge >= 0.3 is 0 Å². The number of hydrogen-bond acceptors (Lipinski definition) is 5. The molecule has 1 N–H and O–H groups in total. The average molecular weight is 224 g/mol. The van der Waals surface area contributed by atoms with Gasteiger partial charge in [-0.05, 0) is 13.5 Å². The minimum Gasteiger partial charge on any atom is -0.478 e. The van der Waals surface area contributed by atoms with Gasteiger partial charge in [-0.3, -0.25) is 0 Å². The third kappa shape index (κ3) is 4.02. The van der Waals surface area contributed by atoms with Crippen LogP contribution in [0.4, 0.5) is 5.95 Å². The lowest BCUT2D eigenvalue weighted by molar-refractivity contribution is 0.326. The number of nitrogens with one attached hydrogen (secondary N) is 1. The lowest BCUT2D eigenvalue weighted by Crippen LogP contribution is -2.30. The Morgan fingerprint density at radius 2 is 2.25 bits per heavy atom. The van der Waals surface area contributed by atoms with Crippen LogP contribution in [-0.2, 0) is 0 Å². The summed E-state index contributed by atoms with van der Waals surface area (Å²) < 4.78 is 5.33. The summed E-state index contributed by atoms with van der Waals surface area (Å²) >= 11 is 0. The van der Waals surface area contributed by atoms with Crippen LogP contribution in [0.15, 0.2) is 12.3 Å². The van der Waals surface area contributed by atoms with Gasteiger partial charge in [0, 0.05) is 32.4 Å². The average Bonchev–Trinajstić information content (AvgIpc) is 2.30. The van der Waals surface area contributed by atoms with Crippen LogP contribution in [-0.4, -0.2) is 43.3 Å². The lowest BCUT2D eigenvalue weighted by atomic mass is 10.5. The van der Waals surface area contributed by atoms with Gasteiger partial charge in [0.05, 0.1) is 6.61 Å². The lowest BCUT2D eigenvalue weighted by Gasteiger charge is -2.17. The molecule has 0 amide bonds. The van der Waals surface area contributed by atoms with E-state index in [9.17, 15) is 0 Å². The van der Waals surface area contributed by atoms with Crippen LogP contribution >= 0.6 is 0 Å². The second kappa shape index (κ2) is 7.00. The molecule has 0 aromatic carbocycles. The maximum absolute atomic E-state index is 5.33. The zero-order chi connectivity index (χ0) is 11.8. The van der Waals surface area contributed by atoms with Gasteiger partial charge < -0.3 is 15.0 Å². The maximum atomic E-state index is 5.33. The number of anilines is 1. The Bertz CT molecular complexity index is 306. The molecule has 0 aliphatic heterocycles. The fourth-order valence-electron chi connectivity index (χ4n) is 1.27. The van der Waals surface area contributed by atoms with E-state index >= 15 is 0 Å². The zero-order valence-electron chi connectivity index (χ0n) is 10.2. The first kappa shape index (κ1) is 12.7. The highest BCUT2D eigenvalue weighted by Crippen LogP contribution is 2.10. The van der Waals surface area contributed by atoms with Gasteiger partial charge in [-0.2, -0.15) is 4.98 Å². The number of aromatic nitrogens is 2. The first-order valence-electron chi connectivity index (χ1n) is 5.65. The van der Waals surface area contributed by atoms with Crippen LogP contribution in [0.5, 0.6) is 5.88 Å². The summed E-state index contributed by atoms with van der Waals surface area (Å²) in [7, 11) is 1.97. The number of likely N-dealkylation sites (N-methyl/N-ethyl adjacent to an activating group) is 2. The van der Waals surface area contributed by atoms with Crippen LogP contribution in [0.25, 0.3) is 0 Å². The van der Waals surface area contributed by atoms with E-state index in [1.54, 1.807) is 12.3 Å². The van der Waals surface area contributed by atoms with Crippen molar-refractivity contribution in [2.24, 2.45) is 0 Å². The molecule has 0 saturated heterocycles. The van der Waals surface area contributed by atoms with Gasteiger partial charge in [-0.1, -0.05) is 6.92 Å². The molecule has 5 heteroatoms. The van der Waals surface area contributed by atoms with Gasteiger partial charge in [0.25, 0.3) is 0 Å². The maximum Gasteiger partial charge on any atom is 0.228 e. The first-order chi connectivity index (χ1) is 7.77. The third-order valence-corrected chi connectivity index (χ3v) is 2.12. The molecule has 0 aliphatic rings. The second-order valence-corrected chi connectivity index (χ2v) is 3.40. The highest BCUT2D eigenvalue weighted by atomic mass is 16.5. The van der Waals surface area contributed by atoms with Gasteiger partial charge in [0.1, 0.15) is 0 Å². The first-order valence-corrected chi connectivity index (χ1v) is 5.65. The smallest absolute Gasteiger partial charge is 0.228 e. The van der Waals surface area contributed by atoms with Crippen LogP contribution in [0.2, 0.25) is 0 Å². The molecule has 1 rings (SSSR count). The highest BCUT2D eigenvalue weighted by Gasteiger charge is 2.04. The molecule has 0 bridgehead atoms. The van der Waals surface area contributed by atoms with Gasteiger partial charge in [-0.25, -0.2) is 4.98 Å². The molecule has 0 aliphatic carbocycles. The van der Waals surface area contributed by atoms with Crippen molar-refractivity contribution in [2.45, 2.75) is 13.8 Å². The standard InChI is InChI=1S/C11H20N4O/c1-4-12-8-9-15(3)11-13-7-6-10(14-11)16-5-2/h6-7,12H,4-5,8-9H2,1-3H3. The number of rotatable bonds is 7. The van der Waals surface area contributed by atoms with Crippen molar-refractivity contribution < 1.29 is 4.74 Å². The van der Waals surface area contributed by atoms with Crippen molar-refractivity contribution in [2.75, 3.05) is 38.2 Å². The van der Waals surface area contributed by atoms with Crippen LogP contribution in [0, 0.1) is 0 Å². The summed E-state index contributed by atoms with van der Waals surface area (Å²) in [6, 6.07) is 1.77. The molecule has 16 heavy (non-hydrogen) atoms. The second-order valence-electron chi connectivity index (χ2n) is 3.40. The van der Waals surface area contributed by atoms with Crippen molar-refractivity contribution in [3.63, 3.8) is 0 Å². The minimum absolute atomic E-state index is 0.623. The summed E-state index contributed by atoms with van der Waals surface area (Å²) in [5.74, 6) is 1.33. The molecule has 0 atom stereocenters. The third-order valence-electron chi connectivity index (χ3n) is 2.12. The molecule has 0 spiro atoms. The van der Waals surface area contributed by atoms with Gasteiger partial charge in [-0.15, -0.1) is 0 Å². The summed E-state index contributed by atoms with van der Waals surface area (Å²) in [5, 5.41) is 3.26. The highest BCUT2D eigenvalue weighted by molar-refractivity contribution is 5.30. The molecule has 90 valence electrons. The predicted molar refractivity (Wildman–Crippen MR) is 65.0 cm³/mol. The fraction of sp³-hybridized carbons (Fsp3) is 0.636. The Morgan fingerprint density at radius 1 is 1.44 bits per heavy atom. The molecule has 0 unspecified atom stereocenters. The molecule has 1 heterocycles. The molecule has 1 aromatic heterocycles. The molecule has 0 fully saturated rings. The summed E-state index contributed by atoms with van der Waals surface area (Å²) in [6.45, 7) is 7.44. The van der Waals surface area contributed by atoms with Crippen LogP contribution in [0.3, 0.4) is 0 Å². The number of hydrogen-bond donors (Lipinski definition) is 1. The van der Waals surface area contributed by atoms with Gasteiger partial charge in [0.2, 0.25) is 11.8 Å². The predicted octanol–water partition coefficient (Wildman–Crippen LogP) is 0.921. The molecular formula is C11H20N4O. The monoisotopic (exact) mass is 224 g/mol. The SMILES string of the molecule is CCNCCN(C)c1nccc(OCC)n1. The van der Waals surface area contributed by atoms with Crippen molar-refractivity contribution in [3.8, 4) is 5.88 Å². The topological polar surface area (TPSA) is 50.3 Å². The van der Waals surface area contributed by atoms with Crippen molar-refractivity contribution >= 4 is 5.95 Å². The van der Waals surface area contributed by atoms with E-state index in [2.05, 4.69) is 22.2 Å². The Morgan fingerprint density at radius 3 is 2.94 bits per heavy atom. The van der Waals surface area contributed by atoms with E-state index in [0.29, 0.717) is 18.4 Å². The van der Waals surface area contributed by atoms with Crippen molar-refractivity contribution in [1.29, 1.82) is 0 Å². The zero-order valence-corrected chi connectivity index (χ0v) is 10.2. The van der Waals surface area contributed by atoms with E-state index in [4.69, 9.17) is 4.74 Å². The fourth-order valence-corrected chi connectivity index (χ4v) is 1.27. The molecule has 1 aromatic rings. The Hall–Kier alpha value is -1.36. The Kier molecular flexibility index (Phi) is 5.56. The van der Waals surface area contributed by atoms with E-state index in [-0.39, 0.29) is 0 Å². The number of ether oxygens (including phenoxy) is 1. The van der Waals surface area contributed by atoms with Crippen molar-refractivity contribution in [3.05, 3.63) is 12.3 Å². The molecule has 0 saturated carbocycles. The van der Waals surface area contributed by atoms with E-state index in [1.807, 2.05) is 18.9 Å². The molecule has 0 radical (unpaired) electrons. The van der Waals surface area contributed by atoms with E-state index in [0.717, 1.165) is 19.6 Å². The van der Waals surface area contributed by atoms with Crippen molar-refractivity contribution in [1.82, 2.24) is 15.3 Å². The van der Waals surface area contributed by atoms with Gasteiger partial charge in [0.15, 0.2) is 0 Å². The quantitative estimate of drug-likeness (QED) is 0.698. The summed E-state index contributed by atoms with van der Waals surface area (Å²) in [5.41, 5.74) is 0. The Balaban J connectivity index is 2.53. The summed E-state index contributed by atoms with van der Waals surface area (Å²) in [6.07, 6.45) is 1.72.